The summed E-state index contributed by atoms with van der Waals surface area (Å²) in [6.07, 6.45) is 0. The maximum Gasteiger partial charge on any atom is 0.181 e. The molecule has 0 aliphatic rings. The van der Waals surface area contributed by atoms with Gasteiger partial charge in [-0.25, -0.2) is 4.98 Å². The zero-order valence-corrected chi connectivity index (χ0v) is 13.6. The second kappa shape index (κ2) is 6.60. The summed E-state index contributed by atoms with van der Waals surface area (Å²) in [5.74, 6) is 1.42. The molecule has 0 saturated carbocycles. The minimum Gasteiger partial charge on any atom is -0.399 e. The number of hydrogen-bond acceptors (Lipinski definition) is 5. The van der Waals surface area contributed by atoms with Crippen molar-refractivity contribution in [3.63, 3.8) is 0 Å². The molecule has 21 heavy (non-hydrogen) atoms. The minimum absolute atomic E-state index is 0.606. The average molecular weight is 334 g/mol. The third kappa shape index (κ3) is 3.64. The van der Waals surface area contributed by atoms with Gasteiger partial charge in [-0.05, 0) is 30.3 Å². The molecule has 1 aromatic heterocycles. The van der Waals surface area contributed by atoms with Gasteiger partial charge in [0, 0.05) is 22.1 Å². The molecule has 108 valence electrons. The van der Waals surface area contributed by atoms with Crippen molar-refractivity contribution in [3.8, 4) is 0 Å². The number of fused-ring (bicyclic) bond motifs is 1. The van der Waals surface area contributed by atoms with E-state index in [0.29, 0.717) is 15.8 Å². The second-order valence-corrected chi connectivity index (χ2v) is 8.36. The fraction of sp³-hybridized carbons (Fsp3) is 0.133. The third-order valence-corrected chi connectivity index (χ3v) is 6.82. The summed E-state index contributed by atoms with van der Waals surface area (Å²) in [5.41, 5.74) is 7.33. The molecule has 0 aliphatic heterocycles. The van der Waals surface area contributed by atoms with Crippen molar-refractivity contribution >= 4 is 49.8 Å². The van der Waals surface area contributed by atoms with Crippen molar-refractivity contribution < 1.29 is 4.21 Å². The quantitative estimate of drug-likeness (QED) is 0.570. The lowest BCUT2D eigenvalue weighted by Crippen LogP contribution is -1.99. The highest BCUT2D eigenvalue weighted by Gasteiger charge is 2.11. The van der Waals surface area contributed by atoms with Crippen LogP contribution in [-0.4, -0.2) is 20.7 Å². The predicted octanol–water partition coefficient (Wildman–Crippen LogP) is 3.78. The Morgan fingerprint density at radius 2 is 2.00 bits per heavy atom. The lowest BCUT2D eigenvalue weighted by atomic mass is 10.3. The van der Waals surface area contributed by atoms with Crippen LogP contribution in [-0.2, 0) is 10.8 Å². The molecule has 1 atom stereocenters. The lowest BCUT2D eigenvalue weighted by Gasteiger charge is -2.00. The van der Waals surface area contributed by atoms with Crippen LogP contribution in [0.2, 0.25) is 0 Å². The Morgan fingerprint density at radius 3 is 2.81 bits per heavy atom. The first-order valence-corrected chi connectivity index (χ1v) is 9.57. The standard InChI is InChI=1S/C15H14N2OS3/c16-11-6-7-13-14(10-11)20-15(17-13)21(18)9-8-19-12-4-2-1-3-5-12/h1-7,10H,8-9,16H2. The summed E-state index contributed by atoms with van der Waals surface area (Å²) in [5, 5.41) is 0. The Balaban J connectivity index is 1.64. The van der Waals surface area contributed by atoms with Gasteiger partial charge in [-0.3, -0.25) is 4.21 Å². The predicted molar refractivity (Wildman–Crippen MR) is 92.5 cm³/mol. The molecule has 1 unspecified atom stereocenters. The van der Waals surface area contributed by atoms with Crippen LogP contribution in [0.25, 0.3) is 10.2 Å². The molecular formula is C15H14N2OS3. The highest BCUT2D eigenvalue weighted by atomic mass is 32.2. The van der Waals surface area contributed by atoms with Crippen LogP contribution in [0.15, 0.2) is 57.8 Å². The Hall–Kier alpha value is -1.37. The van der Waals surface area contributed by atoms with Crippen molar-refractivity contribution in [2.75, 3.05) is 17.2 Å². The van der Waals surface area contributed by atoms with Crippen LogP contribution < -0.4 is 5.73 Å². The molecule has 0 spiro atoms. The maximum atomic E-state index is 12.3. The van der Waals surface area contributed by atoms with E-state index in [2.05, 4.69) is 17.1 Å². The van der Waals surface area contributed by atoms with Crippen molar-refractivity contribution in [2.24, 2.45) is 0 Å². The van der Waals surface area contributed by atoms with Gasteiger partial charge in [0.1, 0.15) is 0 Å². The Morgan fingerprint density at radius 1 is 1.19 bits per heavy atom. The number of thiazole rings is 1. The number of rotatable bonds is 5. The fourth-order valence-electron chi connectivity index (χ4n) is 1.86. The molecule has 3 rings (SSSR count). The van der Waals surface area contributed by atoms with Crippen molar-refractivity contribution in [2.45, 2.75) is 9.24 Å². The first-order chi connectivity index (χ1) is 10.2. The summed E-state index contributed by atoms with van der Waals surface area (Å²) in [7, 11) is -1.05. The highest BCUT2D eigenvalue weighted by molar-refractivity contribution is 8.00. The number of anilines is 1. The molecule has 0 amide bonds. The van der Waals surface area contributed by atoms with E-state index < -0.39 is 10.8 Å². The van der Waals surface area contributed by atoms with Crippen LogP contribution in [0.4, 0.5) is 5.69 Å². The molecule has 3 aromatic rings. The fourth-order valence-corrected chi connectivity index (χ4v) is 5.39. The minimum atomic E-state index is -1.05. The van der Waals surface area contributed by atoms with Gasteiger partial charge in [-0.2, -0.15) is 0 Å². The molecule has 0 fully saturated rings. The molecule has 0 bridgehead atoms. The summed E-state index contributed by atoms with van der Waals surface area (Å²) in [6.45, 7) is 0. The van der Waals surface area contributed by atoms with Gasteiger partial charge < -0.3 is 5.73 Å². The van der Waals surface area contributed by atoms with Crippen molar-refractivity contribution in [1.82, 2.24) is 4.98 Å². The summed E-state index contributed by atoms with van der Waals surface area (Å²) in [6, 6.07) is 15.7. The molecular weight excluding hydrogens is 320 g/mol. The van der Waals surface area contributed by atoms with Crippen LogP contribution in [0, 0.1) is 0 Å². The molecule has 0 aliphatic carbocycles. The number of thioether (sulfide) groups is 1. The normalized spacial score (nSPS) is 12.6. The molecule has 0 radical (unpaired) electrons. The number of aromatic nitrogens is 1. The third-order valence-electron chi connectivity index (χ3n) is 2.87. The number of hydrogen-bond donors (Lipinski definition) is 1. The van der Waals surface area contributed by atoms with Gasteiger partial charge in [0.15, 0.2) is 4.34 Å². The van der Waals surface area contributed by atoms with E-state index in [1.807, 2.05) is 36.4 Å². The smallest absolute Gasteiger partial charge is 0.181 e. The average Bonchev–Trinajstić information content (AvgIpc) is 2.91. The monoisotopic (exact) mass is 334 g/mol. The number of nitrogens with two attached hydrogens (primary N) is 1. The van der Waals surface area contributed by atoms with Crippen LogP contribution in [0.1, 0.15) is 0 Å². The number of benzene rings is 2. The Bertz CT molecular complexity index is 771. The van der Waals surface area contributed by atoms with Crippen molar-refractivity contribution in [3.05, 3.63) is 48.5 Å². The molecule has 3 nitrogen and oxygen atoms in total. The van der Waals surface area contributed by atoms with Gasteiger partial charge in [-0.15, -0.1) is 23.1 Å². The Kier molecular flexibility index (Phi) is 4.57. The van der Waals surface area contributed by atoms with Gasteiger partial charge in [0.2, 0.25) is 0 Å². The molecule has 2 aromatic carbocycles. The summed E-state index contributed by atoms with van der Waals surface area (Å²) < 4.78 is 14.0. The second-order valence-electron chi connectivity index (χ2n) is 4.42. The topological polar surface area (TPSA) is 56.0 Å². The summed E-state index contributed by atoms with van der Waals surface area (Å²) in [4.78, 5) is 5.63. The zero-order chi connectivity index (χ0) is 14.7. The zero-order valence-electron chi connectivity index (χ0n) is 11.2. The molecule has 6 heteroatoms. The van der Waals surface area contributed by atoms with Crippen LogP contribution in [0.3, 0.4) is 0 Å². The van der Waals surface area contributed by atoms with Gasteiger partial charge >= 0.3 is 0 Å². The lowest BCUT2D eigenvalue weighted by molar-refractivity contribution is 0.683. The molecule has 0 saturated heterocycles. The molecule has 2 N–H and O–H groups in total. The summed E-state index contributed by atoms with van der Waals surface area (Å²) >= 11 is 3.18. The number of nitrogen functional groups attached to an aromatic ring is 1. The van der Waals surface area contributed by atoms with Crippen LogP contribution in [0.5, 0.6) is 0 Å². The van der Waals surface area contributed by atoms with Crippen molar-refractivity contribution in [1.29, 1.82) is 0 Å². The van der Waals surface area contributed by atoms with E-state index in [-0.39, 0.29) is 0 Å². The first kappa shape index (κ1) is 14.6. The maximum absolute atomic E-state index is 12.3. The van der Waals surface area contributed by atoms with E-state index in [0.717, 1.165) is 16.0 Å². The van der Waals surface area contributed by atoms with Gasteiger partial charge in [0.25, 0.3) is 0 Å². The highest BCUT2D eigenvalue weighted by Crippen LogP contribution is 2.27. The molecule has 1 heterocycles. The van der Waals surface area contributed by atoms with Crippen LogP contribution >= 0.6 is 23.1 Å². The van der Waals surface area contributed by atoms with Gasteiger partial charge in [-0.1, -0.05) is 18.2 Å². The van der Waals surface area contributed by atoms with E-state index in [1.54, 1.807) is 11.8 Å². The SMILES string of the molecule is Nc1ccc2nc(S(=O)CCSc3ccccc3)sc2c1. The van der Waals surface area contributed by atoms with E-state index in [9.17, 15) is 4.21 Å². The number of nitrogens with zero attached hydrogens (tertiary/aromatic N) is 1. The van der Waals surface area contributed by atoms with E-state index in [1.165, 1.54) is 16.2 Å². The first-order valence-electron chi connectivity index (χ1n) is 6.45. The van der Waals surface area contributed by atoms with E-state index in [4.69, 9.17) is 5.73 Å². The van der Waals surface area contributed by atoms with E-state index >= 15 is 0 Å². The van der Waals surface area contributed by atoms with Gasteiger partial charge in [0.05, 0.1) is 21.0 Å². The Labute approximate surface area is 134 Å². The largest absolute Gasteiger partial charge is 0.399 e.